The van der Waals surface area contributed by atoms with Crippen LogP contribution in [0.15, 0.2) is 29.2 Å². The molecule has 0 saturated carbocycles. The summed E-state index contributed by atoms with van der Waals surface area (Å²) in [5.74, 6) is -0.953. The zero-order valence-corrected chi connectivity index (χ0v) is 12.2. The van der Waals surface area contributed by atoms with Gasteiger partial charge in [0.1, 0.15) is 0 Å². The molecule has 1 aromatic rings. The van der Waals surface area contributed by atoms with E-state index in [-0.39, 0.29) is 17.9 Å². The first kappa shape index (κ1) is 15.0. The number of hydrogen-bond donors (Lipinski definition) is 1. The van der Waals surface area contributed by atoms with Gasteiger partial charge in [-0.2, -0.15) is 4.31 Å². The van der Waals surface area contributed by atoms with Gasteiger partial charge >= 0.3 is 5.97 Å². The van der Waals surface area contributed by atoms with Crippen LogP contribution < -0.4 is 0 Å². The van der Waals surface area contributed by atoms with Crippen LogP contribution in [0.3, 0.4) is 0 Å². The van der Waals surface area contributed by atoms with E-state index in [0.29, 0.717) is 6.42 Å². The third-order valence-corrected chi connectivity index (χ3v) is 5.35. The number of methoxy groups -OCH3 is 1. The summed E-state index contributed by atoms with van der Waals surface area (Å²) in [6.07, 6.45) is 0.432. The van der Waals surface area contributed by atoms with Gasteiger partial charge in [-0.15, -0.1) is 0 Å². The Balaban J connectivity index is 2.43. The number of carbonyl (C=O) groups excluding carboxylic acids is 1. The number of esters is 1. The molecule has 0 amide bonds. The number of nitrogens with zero attached hydrogens (tertiary/aromatic N) is 1. The van der Waals surface area contributed by atoms with E-state index in [1.807, 2.05) is 6.92 Å². The fourth-order valence-electron chi connectivity index (χ4n) is 2.30. The second kappa shape index (κ2) is 5.16. The average molecular weight is 299 g/mol. The monoisotopic (exact) mass is 299 g/mol. The fourth-order valence-corrected chi connectivity index (χ4v) is 3.97. The first-order valence-electron chi connectivity index (χ1n) is 6.22. The Labute approximate surface area is 118 Å². The van der Waals surface area contributed by atoms with Crippen molar-refractivity contribution in [2.24, 2.45) is 0 Å². The van der Waals surface area contributed by atoms with Crippen molar-refractivity contribution < 1.29 is 23.1 Å². The third-order valence-electron chi connectivity index (χ3n) is 3.42. The van der Waals surface area contributed by atoms with Crippen molar-refractivity contribution in [1.29, 1.82) is 0 Å². The van der Waals surface area contributed by atoms with Crippen LogP contribution in [-0.4, -0.2) is 43.2 Å². The predicted octanol–water partition coefficient (Wildman–Crippen LogP) is 0.641. The Morgan fingerprint density at radius 3 is 2.50 bits per heavy atom. The van der Waals surface area contributed by atoms with Crippen LogP contribution in [0.2, 0.25) is 0 Å². The maximum atomic E-state index is 12.5. The molecule has 0 radical (unpaired) electrons. The summed E-state index contributed by atoms with van der Waals surface area (Å²) in [7, 11) is -2.82. The lowest BCUT2D eigenvalue weighted by molar-refractivity contribution is -0.172. The van der Waals surface area contributed by atoms with Gasteiger partial charge in [-0.3, -0.25) is 0 Å². The van der Waals surface area contributed by atoms with Gasteiger partial charge in [0.15, 0.2) is 0 Å². The fraction of sp³-hybridized carbons (Fsp3) is 0.462. The van der Waals surface area contributed by atoms with Crippen molar-refractivity contribution in [3.63, 3.8) is 0 Å². The van der Waals surface area contributed by atoms with Crippen molar-refractivity contribution in [2.75, 3.05) is 13.7 Å². The van der Waals surface area contributed by atoms with Crippen LogP contribution >= 0.6 is 0 Å². The van der Waals surface area contributed by atoms with Crippen molar-refractivity contribution >= 4 is 16.0 Å². The molecule has 0 aromatic heterocycles. The SMILES string of the molecule is COC(=O)[C@]1(O)CCCN1S(=O)(=O)c1ccc(C)cc1. The van der Waals surface area contributed by atoms with E-state index in [0.717, 1.165) is 17.0 Å². The topological polar surface area (TPSA) is 83.9 Å². The van der Waals surface area contributed by atoms with Crippen LogP contribution in [0, 0.1) is 6.92 Å². The molecule has 0 aliphatic carbocycles. The molecular weight excluding hydrogens is 282 g/mol. The van der Waals surface area contributed by atoms with E-state index >= 15 is 0 Å². The van der Waals surface area contributed by atoms with E-state index in [9.17, 15) is 18.3 Å². The molecule has 1 N–H and O–H groups in total. The van der Waals surface area contributed by atoms with Crippen molar-refractivity contribution in [3.8, 4) is 0 Å². The van der Waals surface area contributed by atoms with E-state index in [1.165, 1.54) is 12.1 Å². The highest BCUT2D eigenvalue weighted by Crippen LogP contribution is 2.33. The van der Waals surface area contributed by atoms with Gasteiger partial charge in [0.05, 0.1) is 12.0 Å². The van der Waals surface area contributed by atoms with Gasteiger partial charge in [0, 0.05) is 13.0 Å². The number of aliphatic hydroxyl groups is 1. The van der Waals surface area contributed by atoms with Crippen LogP contribution in [0.1, 0.15) is 18.4 Å². The van der Waals surface area contributed by atoms with Crippen LogP contribution in [0.25, 0.3) is 0 Å². The normalized spacial score (nSPS) is 23.8. The van der Waals surface area contributed by atoms with Gasteiger partial charge in [0.2, 0.25) is 15.7 Å². The molecule has 0 unspecified atom stereocenters. The highest BCUT2D eigenvalue weighted by molar-refractivity contribution is 7.89. The number of aryl methyl sites for hydroxylation is 1. The first-order valence-corrected chi connectivity index (χ1v) is 7.66. The Morgan fingerprint density at radius 2 is 1.95 bits per heavy atom. The first-order chi connectivity index (χ1) is 9.32. The number of ether oxygens (including phenoxy) is 1. The van der Waals surface area contributed by atoms with Crippen LogP contribution in [-0.2, 0) is 19.6 Å². The minimum absolute atomic E-state index is 0.0325. The number of hydrogen-bond acceptors (Lipinski definition) is 5. The predicted molar refractivity (Wildman–Crippen MR) is 71.3 cm³/mol. The van der Waals surface area contributed by atoms with Crippen molar-refractivity contribution in [2.45, 2.75) is 30.4 Å². The molecule has 1 aromatic carbocycles. The summed E-state index contributed by atoms with van der Waals surface area (Å²) in [6.45, 7) is 1.93. The van der Waals surface area contributed by atoms with Gasteiger partial charge in [0.25, 0.3) is 0 Å². The lowest BCUT2D eigenvalue weighted by Crippen LogP contribution is -2.53. The smallest absolute Gasteiger partial charge is 0.354 e. The summed E-state index contributed by atoms with van der Waals surface area (Å²) >= 11 is 0. The van der Waals surface area contributed by atoms with Gasteiger partial charge < -0.3 is 9.84 Å². The Kier molecular flexibility index (Phi) is 3.86. The maximum absolute atomic E-state index is 12.5. The quantitative estimate of drug-likeness (QED) is 0.828. The average Bonchev–Trinajstić information content (AvgIpc) is 2.82. The van der Waals surface area contributed by atoms with Gasteiger partial charge in [-0.25, -0.2) is 13.2 Å². The molecule has 1 aliphatic heterocycles. The second-order valence-corrected chi connectivity index (χ2v) is 6.66. The molecule has 1 saturated heterocycles. The minimum Gasteiger partial charge on any atom is -0.466 e. The maximum Gasteiger partial charge on any atom is 0.354 e. The molecule has 1 heterocycles. The summed E-state index contributed by atoms with van der Waals surface area (Å²) in [5.41, 5.74) is -1.19. The van der Waals surface area contributed by atoms with E-state index in [2.05, 4.69) is 4.74 Å². The molecule has 0 bridgehead atoms. The molecular formula is C13H17NO5S. The standard InChI is InChI=1S/C13H17NO5S/c1-10-4-6-11(7-5-10)20(17,18)14-9-3-8-13(14,16)12(15)19-2/h4-7,16H,3,8-9H2,1-2H3/t13-/m1/s1. The number of rotatable bonds is 3. The Morgan fingerprint density at radius 1 is 1.35 bits per heavy atom. The zero-order chi connectivity index (χ0) is 15.0. The molecule has 1 atom stereocenters. The van der Waals surface area contributed by atoms with Gasteiger partial charge in [-0.05, 0) is 25.5 Å². The molecule has 7 heteroatoms. The van der Waals surface area contributed by atoms with Crippen molar-refractivity contribution in [3.05, 3.63) is 29.8 Å². The highest BCUT2D eigenvalue weighted by Gasteiger charge is 2.52. The molecule has 20 heavy (non-hydrogen) atoms. The lowest BCUT2D eigenvalue weighted by Gasteiger charge is -2.29. The lowest BCUT2D eigenvalue weighted by atomic mass is 10.2. The largest absolute Gasteiger partial charge is 0.466 e. The molecule has 110 valence electrons. The number of benzene rings is 1. The zero-order valence-electron chi connectivity index (χ0n) is 11.4. The Hall–Kier alpha value is -1.44. The summed E-state index contributed by atoms with van der Waals surface area (Å²) in [4.78, 5) is 11.7. The van der Waals surface area contributed by atoms with E-state index in [1.54, 1.807) is 12.1 Å². The summed E-state index contributed by atoms with van der Waals surface area (Å²) < 4.78 is 30.4. The summed E-state index contributed by atoms with van der Waals surface area (Å²) in [5, 5.41) is 10.3. The van der Waals surface area contributed by atoms with E-state index < -0.39 is 21.7 Å². The van der Waals surface area contributed by atoms with E-state index in [4.69, 9.17) is 0 Å². The summed E-state index contributed by atoms with van der Waals surface area (Å²) in [6, 6.07) is 6.25. The highest BCUT2D eigenvalue weighted by atomic mass is 32.2. The molecule has 6 nitrogen and oxygen atoms in total. The number of sulfonamides is 1. The second-order valence-electron chi connectivity index (χ2n) is 4.80. The van der Waals surface area contributed by atoms with Crippen LogP contribution in [0.5, 0.6) is 0 Å². The minimum atomic E-state index is -3.94. The van der Waals surface area contributed by atoms with Crippen LogP contribution in [0.4, 0.5) is 0 Å². The molecule has 0 spiro atoms. The number of carbonyl (C=O) groups is 1. The Bertz CT molecular complexity index is 610. The molecule has 1 aliphatic rings. The molecule has 2 rings (SSSR count). The van der Waals surface area contributed by atoms with Gasteiger partial charge in [-0.1, -0.05) is 17.7 Å². The third kappa shape index (κ3) is 2.32. The van der Waals surface area contributed by atoms with Crippen molar-refractivity contribution in [1.82, 2.24) is 4.31 Å². The molecule has 1 fully saturated rings.